The quantitative estimate of drug-likeness (QED) is 0.585. The Hall–Kier alpha value is -1.94. The molecule has 0 spiro atoms. The van der Waals surface area contributed by atoms with Crippen molar-refractivity contribution in [2.45, 2.75) is 36.9 Å². The molecule has 0 aliphatic carbocycles. The van der Waals surface area contributed by atoms with Crippen LogP contribution < -0.4 is 4.74 Å². The number of rotatable bonds is 8. The zero-order valence-electron chi connectivity index (χ0n) is 18.5. The Balaban J connectivity index is 1.26. The molecule has 2 saturated heterocycles. The van der Waals surface area contributed by atoms with Crippen LogP contribution in [0, 0.1) is 0 Å². The molecular weight excluding hydrogens is 446 g/mol. The van der Waals surface area contributed by atoms with Gasteiger partial charge in [0.15, 0.2) is 0 Å². The predicted molar refractivity (Wildman–Crippen MR) is 125 cm³/mol. The second-order valence-electron chi connectivity index (χ2n) is 8.24. The minimum absolute atomic E-state index is 0.0673. The summed E-state index contributed by atoms with van der Waals surface area (Å²) in [5.41, 5.74) is 1.23. The first-order valence-electron chi connectivity index (χ1n) is 11.3. The van der Waals surface area contributed by atoms with Crippen LogP contribution in [0.25, 0.3) is 0 Å². The van der Waals surface area contributed by atoms with Crippen molar-refractivity contribution < 1.29 is 17.9 Å². The Kier molecular flexibility index (Phi) is 7.50. The van der Waals surface area contributed by atoms with Gasteiger partial charge >= 0.3 is 0 Å². The fraction of sp³-hybridized carbons (Fsp3) is 0.522. The van der Waals surface area contributed by atoms with Crippen molar-refractivity contribution in [2.24, 2.45) is 0 Å². The van der Waals surface area contributed by atoms with Gasteiger partial charge in [0, 0.05) is 50.7 Å². The van der Waals surface area contributed by atoms with E-state index in [2.05, 4.69) is 17.0 Å². The Morgan fingerprint density at radius 1 is 0.969 bits per heavy atom. The van der Waals surface area contributed by atoms with Gasteiger partial charge in [-0.15, -0.1) is 11.3 Å². The Morgan fingerprint density at radius 3 is 2.31 bits per heavy atom. The molecular formula is C23H31N3O4S2. The van der Waals surface area contributed by atoms with E-state index in [9.17, 15) is 13.2 Å². The normalized spacial score (nSPS) is 18.2. The van der Waals surface area contributed by atoms with Crippen molar-refractivity contribution in [1.29, 1.82) is 0 Å². The third-order valence-corrected chi connectivity index (χ3v) is 9.44. The van der Waals surface area contributed by atoms with Gasteiger partial charge in [0.05, 0.1) is 13.0 Å². The number of benzene rings is 1. The van der Waals surface area contributed by atoms with E-state index < -0.39 is 10.0 Å². The summed E-state index contributed by atoms with van der Waals surface area (Å²) in [5, 5.41) is 0. The maximum atomic E-state index is 12.8. The van der Waals surface area contributed by atoms with Crippen molar-refractivity contribution >= 4 is 27.3 Å². The van der Waals surface area contributed by atoms with Gasteiger partial charge in [0.25, 0.3) is 10.0 Å². The summed E-state index contributed by atoms with van der Waals surface area (Å²) in [4.78, 5) is 17.8. The first-order chi connectivity index (χ1) is 15.5. The molecule has 0 saturated carbocycles. The second-order valence-corrected chi connectivity index (χ2v) is 11.6. The van der Waals surface area contributed by atoms with E-state index in [0.717, 1.165) is 43.1 Å². The number of sulfonamides is 1. The number of hydrogen-bond acceptors (Lipinski definition) is 6. The molecule has 1 amide bonds. The number of carbonyl (C=O) groups excluding carboxylic acids is 1. The lowest BCUT2D eigenvalue weighted by Crippen LogP contribution is -2.48. The molecule has 2 aromatic rings. The third kappa shape index (κ3) is 5.51. The number of thiophene rings is 1. The largest absolute Gasteiger partial charge is 0.494 e. The third-order valence-electron chi connectivity index (χ3n) is 5.99. The van der Waals surface area contributed by atoms with Crippen LogP contribution in [0.4, 0.5) is 0 Å². The van der Waals surface area contributed by atoms with Crippen molar-refractivity contribution in [2.75, 3.05) is 45.9 Å². The second kappa shape index (κ2) is 10.3. The van der Waals surface area contributed by atoms with E-state index in [-0.39, 0.29) is 12.3 Å². The summed E-state index contributed by atoms with van der Waals surface area (Å²) in [6.45, 7) is 7.73. The lowest BCUT2D eigenvalue weighted by Gasteiger charge is -2.34. The highest BCUT2D eigenvalue weighted by atomic mass is 32.2. The van der Waals surface area contributed by atoms with Gasteiger partial charge in [0.1, 0.15) is 9.96 Å². The molecule has 0 unspecified atom stereocenters. The zero-order chi connectivity index (χ0) is 22.6. The molecule has 0 atom stereocenters. The standard InChI is InChI=1S/C23H31N3O4S2/c1-2-30-20-7-5-19(6-8-20)18-24-13-15-25(16-14-24)22(27)17-21-9-10-23(31-21)32(28,29)26-11-3-4-12-26/h5-10H,2-4,11-18H2,1H3. The summed E-state index contributed by atoms with van der Waals surface area (Å²) in [5.74, 6) is 0.953. The molecule has 7 nitrogen and oxygen atoms in total. The van der Waals surface area contributed by atoms with E-state index in [1.54, 1.807) is 16.4 Å². The van der Waals surface area contributed by atoms with Crippen LogP contribution in [0.5, 0.6) is 5.75 Å². The average molecular weight is 478 g/mol. The number of carbonyl (C=O) groups is 1. The number of ether oxygens (including phenoxy) is 1. The summed E-state index contributed by atoms with van der Waals surface area (Å²) in [7, 11) is -3.41. The maximum absolute atomic E-state index is 12.8. The highest BCUT2D eigenvalue weighted by Gasteiger charge is 2.29. The topological polar surface area (TPSA) is 70.2 Å². The van der Waals surface area contributed by atoms with E-state index in [0.29, 0.717) is 37.0 Å². The first-order valence-corrected chi connectivity index (χ1v) is 13.5. The Labute approximate surface area is 194 Å². The molecule has 4 rings (SSSR count). The summed E-state index contributed by atoms with van der Waals surface area (Å²) >= 11 is 1.23. The summed E-state index contributed by atoms with van der Waals surface area (Å²) < 4.78 is 32.8. The molecule has 2 aliphatic heterocycles. The molecule has 9 heteroatoms. The molecule has 32 heavy (non-hydrogen) atoms. The van der Waals surface area contributed by atoms with Crippen molar-refractivity contribution in [1.82, 2.24) is 14.1 Å². The molecule has 0 N–H and O–H groups in total. The van der Waals surface area contributed by atoms with Crippen LogP contribution in [-0.2, 0) is 27.8 Å². The van der Waals surface area contributed by atoms with Crippen molar-refractivity contribution in [3.05, 3.63) is 46.8 Å². The van der Waals surface area contributed by atoms with Crippen LogP contribution in [0.15, 0.2) is 40.6 Å². The van der Waals surface area contributed by atoms with Gasteiger partial charge in [-0.2, -0.15) is 4.31 Å². The molecule has 0 radical (unpaired) electrons. The van der Waals surface area contributed by atoms with Crippen LogP contribution in [0.3, 0.4) is 0 Å². The Morgan fingerprint density at radius 2 is 1.66 bits per heavy atom. The first kappa shape index (κ1) is 23.2. The highest BCUT2D eigenvalue weighted by molar-refractivity contribution is 7.91. The van der Waals surface area contributed by atoms with E-state index in [1.165, 1.54) is 16.9 Å². The minimum atomic E-state index is -3.41. The van der Waals surface area contributed by atoms with Crippen LogP contribution in [-0.4, -0.2) is 74.3 Å². The van der Waals surface area contributed by atoms with Gasteiger partial charge in [-0.1, -0.05) is 12.1 Å². The minimum Gasteiger partial charge on any atom is -0.494 e. The van der Waals surface area contributed by atoms with Crippen LogP contribution in [0.2, 0.25) is 0 Å². The monoisotopic (exact) mass is 477 g/mol. The number of amides is 1. The van der Waals surface area contributed by atoms with E-state index in [1.807, 2.05) is 24.0 Å². The van der Waals surface area contributed by atoms with Crippen LogP contribution in [0.1, 0.15) is 30.2 Å². The van der Waals surface area contributed by atoms with E-state index >= 15 is 0 Å². The van der Waals surface area contributed by atoms with Crippen molar-refractivity contribution in [3.8, 4) is 5.75 Å². The zero-order valence-corrected chi connectivity index (χ0v) is 20.2. The SMILES string of the molecule is CCOc1ccc(CN2CCN(C(=O)Cc3ccc(S(=O)(=O)N4CCCC4)s3)CC2)cc1. The fourth-order valence-corrected chi connectivity index (χ4v) is 7.20. The molecule has 0 bridgehead atoms. The number of nitrogens with zero attached hydrogens (tertiary/aromatic N) is 3. The maximum Gasteiger partial charge on any atom is 0.252 e. The summed E-state index contributed by atoms with van der Waals surface area (Å²) in [6.07, 6.45) is 2.10. The fourth-order valence-electron chi connectivity index (χ4n) is 4.18. The van der Waals surface area contributed by atoms with E-state index in [4.69, 9.17) is 4.74 Å². The van der Waals surface area contributed by atoms with Gasteiger partial charge < -0.3 is 9.64 Å². The van der Waals surface area contributed by atoms with Crippen LogP contribution >= 0.6 is 11.3 Å². The average Bonchev–Trinajstić information content (AvgIpc) is 3.49. The van der Waals surface area contributed by atoms with Gasteiger partial charge in [-0.05, 0) is 49.6 Å². The van der Waals surface area contributed by atoms with Crippen molar-refractivity contribution in [3.63, 3.8) is 0 Å². The number of hydrogen-bond donors (Lipinski definition) is 0. The molecule has 1 aromatic carbocycles. The molecule has 2 aliphatic rings. The lowest BCUT2D eigenvalue weighted by atomic mass is 10.2. The smallest absolute Gasteiger partial charge is 0.252 e. The summed E-state index contributed by atoms with van der Waals surface area (Å²) in [6, 6.07) is 11.6. The Bertz CT molecular complexity index is 1010. The number of piperazine rings is 1. The molecule has 2 fully saturated rings. The van der Waals surface area contributed by atoms with Gasteiger partial charge in [-0.25, -0.2) is 8.42 Å². The van der Waals surface area contributed by atoms with Gasteiger partial charge in [-0.3, -0.25) is 9.69 Å². The molecule has 3 heterocycles. The lowest BCUT2D eigenvalue weighted by molar-refractivity contribution is -0.132. The van der Waals surface area contributed by atoms with Gasteiger partial charge in [0.2, 0.25) is 5.91 Å². The molecule has 1 aromatic heterocycles. The highest BCUT2D eigenvalue weighted by Crippen LogP contribution is 2.28. The molecule has 174 valence electrons. The predicted octanol–water partition coefficient (Wildman–Crippen LogP) is 2.82.